The van der Waals surface area contributed by atoms with Crippen LogP contribution in [0, 0.1) is 6.92 Å². The van der Waals surface area contributed by atoms with E-state index >= 15 is 0 Å². The van der Waals surface area contributed by atoms with Gasteiger partial charge in [0, 0.05) is 5.41 Å². The van der Waals surface area contributed by atoms with Gasteiger partial charge in [-0.15, -0.1) is 16.7 Å². The molecule has 0 saturated carbocycles. The fourth-order valence-electron chi connectivity index (χ4n) is 3.52. The van der Waals surface area contributed by atoms with Gasteiger partial charge in [-0.3, -0.25) is 0 Å². The van der Waals surface area contributed by atoms with Crippen LogP contribution in [0.2, 0.25) is 0 Å². The Hall–Kier alpha value is -2.68. The lowest BCUT2D eigenvalue weighted by atomic mass is 9.77. The van der Waals surface area contributed by atoms with E-state index < -0.39 is 18.9 Å². The molecule has 1 aromatic heterocycles. The van der Waals surface area contributed by atoms with E-state index in [0.717, 1.165) is 22.4 Å². The van der Waals surface area contributed by atoms with Crippen molar-refractivity contribution in [2.75, 3.05) is 19.1 Å². The minimum atomic E-state index is -0.806. The smallest absolute Gasteiger partial charge is 0.135 e. The van der Waals surface area contributed by atoms with E-state index in [1.165, 1.54) is 10.9 Å². The number of nitrogens with zero attached hydrogens (tertiary/aromatic N) is 3. The van der Waals surface area contributed by atoms with E-state index in [1.54, 1.807) is 0 Å². The molecule has 0 fully saturated rings. The highest BCUT2D eigenvalue weighted by atomic mass is 35.5. The molecule has 0 aliphatic carbocycles. The molecule has 2 N–H and O–H groups in total. The number of aryl methyl sites for hydroxylation is 1. The minimum absolute atomic E-state index is 0.0760. The summed E-state index contributed by atoms with van der Waals surface area (Å²) in [6, 6.07) is 13.8. The van der Waals surface area contributed by atoms with Crippen LogP contribution >= 0.6 is 11.6 Å². The summed E-state index contributed by atoms with van der Waals surface area (Å²) in [4.78, 5) is 0. The van der Waals surface area contributed by atoms with Crippen LogP contribution in [-0.2, 0) is 18.6 Å². The van der Waals surface area contributed by atoms with Crippen molar-refractivity contribution in [2.45, 2.75) is 51.6 Å². The Balaban J connectivity index is 1.59. The predicted octanol–water partition coefficient (Wildman–Crippen LogP) is 3.80. The Labute approximate surface area is 204 Å². The molecule has 7 nitrogen and oxygen atoms in total. The molecule has 34 heavy (non-hydrogen) atoms. The Morgan fingerprint density at radius 3 is 2.32 bits per heavy atom. The number of rotatable bonds is 12. The van der Waals surface area contributed by atoms with Crippen LogP contribution in [-0.4, -0.2) is 56.5 Å². The van der Waals surface area contributed by atoms with Crippen molar-refractivity contribution in [3.8, 4) is 11.5 Å². The average Bonchev–Trinajstić information content (AvgIpc) is 3.29. The maximum Gasteiger partial charge on any atom is 0.135 e. The maximum atomic E-state index is 12.6. The molecule has 2 aromatic carbocycles. The molecule has 3 rings (SSSR count). The third-order valence-electron chi connectivity index (χ3n) is 5.65. The number of aliphatic hydroxyl groups excluding tert-OH is 2. The van der Waals surface area contributed by atoms with Gasteiger partial charge in [-0.05, 0) is 41.8 Å². The van der Waals surface area contributed by atoms with Crippen LogP contribution in [0.25, 0.3) is 0 Å². The second kappa shape index (κ2) is 11.6. The number of alkyl halides is 2. The lowest BCUT2D eigenvalue weighted by Crippen LogP contribution is -2.24. The summed E-state index contributed by atoms with van der Waals surface area (Å²) in [5.74, 6) is 1.49. The largest absolute Gasteiger partial charge is 0.491 e. The zero-order valence-corrected chi connectivity index (χ0v) is 20.4. The summed E-state index contributed by atoms with van der Waals surface area (Å²) in [6.45, 7) is 5.97. The fourth-order valence-corrected chi connectivity index (χ4v) is 3.60. The molecule has 0 saturated heterocycles. The number of benzene rings is 2. The zero-order chi connectivity index (χ0) is 24.7. The summed E-state index contributed by atoms with van der Waals surface area (Å²) >= 11 is 5.63. The highest BCUT2D eigenvalue weighted by Crippen LogP contribution is 2.34. The SMILES string of the molecule is Cc1cc(C(C)(C)c2ccc(OC[C@H](O)Cn3cc(C[18F])nn3)cc2)ccc1OC[C@@H](O)CCl. The molecule has 1 heterocycles. The van der Waals surface area contributed by atoms with Crippen molar-refractivity contribution in [3.63, 3.8) is 0 Å². The number of hydrogen-bond acceptors (Lipinski definition) is 6. The minimum Gasteiger partial charge on any atom is -0.491 e. The zero-order valence-electron chi connectivity index (χ0n) is 19.6. The normalized spacial score (nSPS) is 13.5. The number of halogens is 2. The van der Waals surface area contributed by atoms with Crippen molar-refractivity contribution >= 4 is 11.6 Å². The van der Waals surface area contributed by atoms with E-state index in [9.17, 15) is 14.6 Å². The molecule has 2 atom stereocenters. The Morgan fingerprint density at radius 2 is 1.71 bits per heavy atom. The van der Waals surface area contributed by atoms with Crippen LogP contribution in [0.1, 0.15) is 36.2 Å². The van der Waals surface area contributed by atoms with Gasteiger partial charge in [0.05, 0.1) is 18.6 Å². The lowest BCUT2D eigenvalue weighted by Gasteiger charge is -2.27. The van der Waals surface area contributed by atoms with Gasteiger partial charge in [-0.1, -0.05) is 43.3 Å². The molecule has 0 unspecified atom stereocenters. The second-order valence-corrected chi connectivity index (χ2v) is 9.09. The first kappa shape index (κ1) is 25.9. The highest BCUT2D eigenvalue weighted by Gasteiger charge is 2.24. The van der Waals surface area contributed by atoms with Crippen molar-refractivity contribution in [1.82, 2.24) is 15.0 Å². The molecule has 0 spiro atoms. The van der Waals surface area contributed by atoms with Gasteiger partial charge < -0.3 is 19.7 Å². The molecule has 3 aromatic rings. The van der Waals surface area contributed by atoms with Crippen molar-refractivity contribution in [2.24, 2.45) is 0 Å². The van der Waals surface area contributed by atoms with Gasteiger partial charge in [0.2, 0.25) is 0 Å². The first-order chi connectivity index (χ1) is 16.2. The van der Waals surface area contributed by atoms with E-state index in [0.29, 0.717) is 5.75 Å². The van der Waals surface area contributed by atoms with E-state index in [-0.39, 0.29) is 36.7 Å². The van der Waals surface area contributed by atoms with E-state index in [1.807, 2.05) is 43.3 Å². The van der Waals surface area contributed by atoms with Crippen LogP contribution in [0.15, 0.2) is 48.7 Å². The molecule has 0 amide bonds. The number of aromatic nitrogens is 3. The topological polar surface area (TPSA) is 89.6 Å². The molecule has 9 heteroatoms. The van der Waals surface area contributed by atoms with Gasteiger partial charge in [0.15, 0.2) is 0 Å². The number of aliphatic hydroxyl groups is 2. The van der Waals surface area contributed by atoms with Crippen molar-refractivity contribution in [3.05, 3.63) is 71.0 Å². The van der Waals surface area contributed by atoms with Gasteiger partial charge in [-0.2, -0.15) is 0 Å². The van der Waals surface area contributed by atoms with Gasteiger partial charge in [-0.25, -0.2) is 9.07 Å². The Morgan fingerprint density at radius 1 is 1.03 bits per heavy atom. The second-order valence-electron chi connectivity index (χ2n) is 8.78. The molecule has 0 aliphatic heterocycles. The quantitative estimate of drug-likeness (QED) is 0.375. The summed E-state index contributed by atoms with van der Waals surface area (Å²) in [5, 5.41) is 27.2. The first-order valence-electron chi connectivity index (χ1n) is 11.1. The number of ether oxygens (including phenoxy) is 2. The van der Waals surface area contributed by atoms with Crippen molar-refractivity contribution in [1.29, 1.82) is 0 Å². The molecular weight excluding hydrogens is 460 g/mol. The Kier molecular flexibility index (Phi) is 8.88. The Bertz CT molecular complexity index is 1060. The van der Waals surface area contributed by atoms with E-state index in [4.69, 9.17) is 21.1 Å². The molecule has 184 valence electrons. The molecular formula is C25H31ClFN3O4. The lowest BCUT2D eigenvalue weighted by molar-refractivity contribution is 0.0888. The average molecular weight is 491 g/mol. The summed E-state index contributed by atoms with van der Waals surface area (Å²) in [6.07, 6.45) is -0.0423. The van der Waals surface area contributed by atoms with Crippen LogP contribution in [0.3, 0.4) is 0 Å². The monoisotopic (exact) mass is 490 g/mol. The fraction of sp³-hybridized carbons (Fsp3) is 0.440. The third-order valence-corrected chi connectivity index (χ3v) is 6.00. The van der Waals surface area contributed by atoms with Crippen molar-refractivity contribution < 1.29 is 24.1 Å². The van der Waals surface area contributed by atoms with Gasteiger partial charge in [0.25, 0.3) is 0 Å². The molecule has 0 aliphatic rings. The molecule has 0 bridgehead atoms. The van der Waals surface area contributed by atoms with E-state index in [2.05, 4.69) is 30.2 Å². The van der Waals surface area contributed by atoms with Gasteiger partial charge in [0.1, 0.15) is 49.3 Å². The predicted molar refractivity (Wildman–Crippen MR) is 128 cm³/mol. The highest BCUT2D eigenvalue weighted by molar-refractivity contribution is 6.18. The summed E-state index contributed by atoms with van der Waals surface area (Å²) in [7, 11) is 0. The van der Waals surface area contributed by atoms with Crippen LogP contribution in [0.4, 0.5) is 4.39 Å². The maximum absolute atomic E-state index is 12.6. The van der Waals surface area contributed by atoms with Gasteiger partial charge >= 0.3 is 0 Å². The number of hydrogen-bond donors (Lipinski definition) is 2. The van der Waals surface area contributed by atoms with Crippen LogP contribution in [0.5, 0.6) is 11.5 Å². The summed E-state index contributed by atoms with van der Waals surface area (Å²) < 4.78 is 25.3. The third kappa shape index (κ3) is 6.68. The van der Waals surface area contributed by atoms with Crippen LogP contribution < -0.4 is 9.47 Å². The standard InChI is InChI=1S/C25H31ClFN3O4/c1-17-10-19(6-9-24(17)34-15-21(31)11-26)25(2,3)18-4-7-23(8-5-18)33-16-22(32)14-30-13-20(12-27)28-29-30/h4-10,13,21-22,31-32H,11-12,14-16H2,1-3H3/t21-,22+/m0/s1/i27-1. The summed E-state index contributed by atoms with van der Waals surface area (Å²) in [5.41, 5.74) is 3.17. The molecule has 0 radical (unpaired) electrons. The first-order valence-corrected chi connectivity index (χ1v) is 11.6.